The number of aliphatic carboxylic acids is 1. The van der Waals surface area contributed by atoms with Crippen molar-refractivity contribution in [3.05, 3.63) is 30.3 Å². The fraction of sp³-hybridized carbons (Fsp3) is 0.500. The van der Waals surface area contributed by atoms with Gasteiger partial charge in [-0.25, -0.2) is 0 Å². The van der Waals surface area contributed by atoms with Crippen LogP contribution in [0, 0.1) is 0 Å². The molecule has 5 nitrogen and oxygen atoms in total. The van der Waals surface area contributed by atoms with E-state index in [-0.39, 0.29) is 18.4 Å². The fourth-order valence-electron chi connectivity index (χ4n) is 2.20. The summed E-state index contributed by atoms with van der Waals surface area (Å²) in [6, 6.07) is 8.81. The summed E-state index contributed by atoms with van der Waals surface area (Å²) >= 11 is 0. The summed E-state index contributed by atoms with van der Waals surface area (Å²) in [6.07, 6.45) is -0.130. The Kier molecular flexibility index (Phi) is 6.72. The van der Waals surface area contributed by atoms with Gasteiger partial charge in [0.05, 0.1) is 6.42 Å². The first kappa shape index (κ1) is 17.0. The van der Waals surface area contributed by atoms with Gasteiger partial charge in [-0.2, -0.15) is 0 Å². The molecule has 0 bridgehead atoms. The lowest BCUT2D eigenvalue weighted by Gasteiger charge is -2.30. The van der Waals surface area contributed by atoms with Crippen molar-refractivity contribution in [1.82, 2.24) is 4.90 Å². The van der Waals surface area contributed by atoms with Crippen LogP contribution in [0.4, 0.5) is 0 Å². The molecule has 0 radical (unpaired) electrons. The number of hydrogen-bond donors (Lipinski definition) is 1. The van der Waals surface area contributed by atoms with E-state index in [2.05, 4.69) is 0 Å². The number of ether oxygens (including phenoxy) is 1. The van der Waals surface area contributed by atoms with E-state index < -0.39 is 12.1 Å². The number of hydrogen-bond acceptors (Lipinski definition) is 3. The normalized spacial score (nSPS) is 13.3. The molecule has 0 aliphatic carbocycles. The highest BCUT2D eigenvalue weighted by Crippen LogP contribution is 2.16. The molecule has 0 heterocycles. The molecule has 0 aromatic heterocycles. The van der Waals surface area contributed by atoms with Crippen LogP contribution in [0.2, 0.25) is 0 Å². The van der Waals surface area contributed by atoms with E-state index in [1.807, 2.05) is 32.0 Å². The van der Waals surface area contributed by atoms with Crippen molar-refractivity contribution < 1.29 is 19.4 Å². The maximum absolute atomic E-state index is 12.5. The highest BCUT2D eigenvalue weighted by molar-refractivity contribution is 5.82. The molecule has 5 heteroatoms. The van der Waals surface area contributed by atoms with Gasteiger partial charge in [0.25, 0.3) is 5.91 Å². The molecule has 1 aromatic rings. The summed E-state index contributed by atoms with van der Waals surface area (Å²) in [6.45, 7) is 5.92. The van der Waals surface area contributed by atoms with Crippen LogP contribution in [0.25, 0.3) is 0 Å². The summed E-state index contributed by atoms with van der Waals surface area (Å²) in [5.74, 6) is -0.442. The minimum absolute atomic E-state index is 0.0681. The Bertz CT molecular complexity index is 461. The number of rotatable bonds is 8. The lowest BCUT2D eigenvalue weighted by atomic mass is 10.1. The first-order valence-corrected chi connectivity index (χ1v) is 7.23. The molecule has 2 atom stereocenters. The van der Waals surface area contributed by atoms with Crippen molar-refractivity contribution in [3.8, 4) is 5.75 Å². The third-order valence-electron chi connectivity index (χ3n) is 3.29. The van der Waals surface area contributed by atoms with Crippen LogP contribution in [0.3, 0.4) is 0 Å². The van der Waals surface area contributed by atoms with E-state index in [0.717, 1.165) is 0 Å². The molecule has 0 fully saturated rings. The number of benzene rings is 1. The number of carboxylic acid groups (broad SMARTS) is 1. The molecule has 1 N–H and O–H groups in total. The number of carbonyl (C=O) groups is 2. The molecule has 0 aliphatic heterocycles. The monoisotopic (exact) mass is 293 g/mol. The number of likely N-dealkylation sites (N-methyl/N-ethyl adjacent to an activating group) is 1. The minimum Gasteiger partial charge on any atom is -0.481 e. The number of para-hydroxylation sites is 1. The van der Waals surface area contributed by atoms with Gasteiger partial charge >= 0.3 is 5.97 Å². The zero-order valence-electron chi connectivity index (χ0n) is 12.8. The van der Waals surface area contributed by atoms with Crippen molar-refractivity contribution in [3.63, 3.8) is 0 Å². The second-order valence-electron chi connectivity index (χ2n) is 4.90. The van der Waals surface area contributed by atoms with E-state index in [0.29, 0.717) is 18.7 Å². The Morgan fingerprint density at radius 1 is 1.24 bits per heavy atom. The van der Waals surface area contributed by atoms with E-state index in [1.165, 1.54) is 0 Å². The van der Waals surface area contributed by atoms with Crippen molar-refractivity contribution in [2.45, 2.75) is 45.8 Å². The summed E-state index contributed by atoms with van der Waals surface area (Å²) in [7, 11) is 0. The Labute approximate surface area is 125 Å². The van der Waals surface area contributed by atoms with Crippen molar-refractivity contribution in [2.75, 3.05) is 6.54 Å². The quantitative estimate of drug-likeness (QED) is 0.800. The molecule has 0 aliphatic rings. The molecule has 2 unspecified atom stereocenters. The predicted molar refractivity (Wildman–Crippen MR) is 80.3 cm³/mol. The lowest BCUT2D eigenvalue weighted by Crippen LogP contribution is -2.46. The van der Waals surface area contributed by atoms with Gasteiger partial charge in [-0.3, -0.25) is 9.59 Å². The van der Waals surface area contributed by atoms with Gasteiger partial charge in [0.2, 0.25) is 0 Å². The van der Waals surface area contributed by atoms with Gasteiger partial charge in [-0.15, -0.1) is 0 Å². The Morgan fingerprint density at radius 2 is 1.86 bits per heavy atom. The molecule has 116 valence electrons. The molecule has 21 heavy (non-hydrogen) atoms. The van der Waals surface area contributed by atoms with Crippen LogP contribution >= 0.6 is 0 Å². The molecule has 0 saturated heterocycles. The van der Waals surface area contributed by atoms with Crippen molar-refractivity contribution in [1.29, 1.82) is 0 Å². The van der Waals surface area contributed by atoms with Gasteiger partial charge in [0.15, 0.2) is 6.10 Å². The topological polar surface area (TPSA) is 66.8 Å². The molecule has 1 aromatic carbocycles. The van der Waals surface area contributed by atoms with Crippen LogP contribution in [0.1, 0.15) is 33.6 Å². The number of carbonyl (C=O) groups excluding carboxylic acids is 1. The Hall–Kier alpha value is -2.04. The third-order valence-corrected chi connectivity index (χ3v) is 3.29. The van der Waals surface area contributed by atoms with E-state index >= 15 is 0 Å². The van der Waals surface area contributed by atoms with Crippen LogP contribution in [-0.2, 0) is 9.59 Å². The predicted octanol–water partition coefficient (Wildman–Crippen LogP) is 2.56. The van der Waals surface area contributed by atoms with Gasteiger partial charge in [-0.1, -0.05) is 25.1 Å². The van der Waals surface area contributed by atoms with Crippen molar-refractivity contribution >= 4 is 11.9 Å². The molecule has 1 rings (SSSR count). The number of nitrogens with zero attached hydrogens (tertiary/aromatic N) is 1. The molecular formula is C16H23NO4. The summed E-state index contributed by atoms with van der Waals surface area (Å²) < 4.78 is 5.72. The van der Waals surface area contributed by atoms with Gasteiger partial charge in [-0.05, 0) is 32.4 Å². The van der Waals surface area contributed by atoms with Gasteiger partial charge in [0.1, 0.15) is 5.75 Å². The molecule has 0 saturated carbocycles. The van der Waals surface area contributed by atoms with E-state index in [9.17, 15) is 9.59 Å². The highest BCUT2D eigenvalue weighted by Gasteiger charge is 2.28. The third kappa shape index (κ3) is 5.10. The molecular weight excluding hydrogens is 270 g/mol. The SMILES string of the molecule is CCC(Oc1ccccc1)C(=O)N(CC)C(C)CC(=O)O. The highest BCUT2D eigenvalue weighted by atomic mass is 16.5. The van der Waals surface area contributed by atoms with Crippen LogP contribution < -0.4 is 4.74 Å². The number of amides is 1. The van der Waals surface area contributed by atoms with Crippen molar-refractivity contribution in [2.24, 2.45) is 0 Å². The maximum atomic E-state index is 12.5. The average Bonchev–Trinajstić information content (AvgIpc) is 2.45. The Balaban J connectivity index is 2.78. The van der Waals surface area contributed by atoms with E-state index in [4.69, 9.17) is 9.84 Å². The van der Waals surface area contributed by atoms with Gasteiger partial charge in [0, 0.05) is 12.6 Å². The largest absolute Gasteiger partial charge is 0.481 e. The Morgan fingerprint density at radius 3 is 2.33 bits per heavy atom. The zero-order chi connectivity index (χ0) is 15.8. The second-order valence-corrected chi connectivity index (χ2v) is 4.90. The zero-order valence-corrected chi connectivity index (χ0v) is 12.8. The smallest absolute Gasteiger partial charge is 0.305 e. The minimum atomic E-state index is -0.911. The molecule has 1 amide bonds. The lowest BCUT2D eigenvalue weighted by molar-refractivity contribution is -0.144. The fourth-order valence-corrected chi connectivity index (χ4v) is 2.20. The van der Waals surface area contributed by atoms with Gasteiger partial charge < -0.3 is 14.7 Å². The maximum Gasteiger partial charge on any atom is 0.305 e. The number of carboxylic acids is 1. The van der Waals surface area contributed by atoms with E-state index in [1.54, 1.807) is 24.0 Å². The molecule has 0 spiro atoms. The van der Waals surface area contributed by atoms with Crippen LogP contribution in [0.15, 0.2) is 30.3 Å². The summed E-state index contributed by atoms with van der Waals surface area (Å²) in [5, 5.41) is 8.87. The van der Waals surface area contributed by atoms with Crippen LogP contribution in [0.5, 0.6) is 5.75 Å². The summed E-state index contributed by atoms with van der Waals surface area (Å²) in [5.41, 5.74) is 0. The average molecular weight is 293 g/mol. The second kappa shape index (κ2) is 8.29. The standard InChI is InChI=1S/C16H23NO4/c1-4-14(21-13-9-7-6-8-10-13)16(20)17(5-2)12(3)11-15(18)19/h6-10,12,14H,4-5,11H2,1-3H3,(H,18,19). The summed E-state index contributed by atoms with van der Waals surface area (Å²) in [4.78, 5) is 24.9. The first-order chi connectivity index (χ1) is 9.99. The van der Waals surface area contributed by atoms with Crippen LogP contribution in [-0.4, -0.2) is 40.6 Å². The first-order valence-electron chi connectivity index (χ1n) is 7.23.